The Balaban J connectivity index is 1.18. The molecule has 248 valence electrons. The molecule has 0 bridgehead atoms. The number of rotatable bonds is 2. The number of anilines is 1. The standard InChI is InChI=1S/C22H22Cl2N6O11P2S3/c23-7-1-9-10(2-8(7)24)29(6-28-9)20-13(31)15-11(38-20)3-36-43(35,45)41-16-12(4-37-42(34,44)40-15)39-21(14(16)32)30-19-17(46-22(30)33)18(25)26-5-27-19/h1-2,5-6,11-16,20-21,31-32H,3-4H2,(H,34,44)(H,35,45)(H2,25,26,27)/t11-,12-,13-,14-,15-,16-,20-,21-,42?,43?/m1/s1. The molecule has 7 rings (SSSR count). The Kier molecular flexibility index (Phi) is 8.86. The second-order valence-electron chi connectivity index (χ2n) is 10.3. The van der Waals surface area contributed by atoms with Crippen molar-refractivity contribution in [1.29, 1.82) is 0 Å². The SMILES string of the molecule is Nc1ncnc2c1sc(=O)n2[C@@H]1O[C@@H]2COP(O)(=S)O[C@H]3[C@@H](O)[C@H](n4cnc5cc(Cl)c(Cl)cc54)O[C@@H]3COP(O)(=S)O[C@H]2[C@H]1O. The van der Waals surface area contributed by atoms with Crippen LogP contribution in [0.4, 0.5) is 5.82 Å². The third kappa shape index (κ3) is 5.96. The maximum Gasteiger partial charge on any atom is 0.325 e. The summed E-state index contributed by atoms with van der Waals surface area (Å²) in [6.07, 6.45) is -8.37. The number of ether oxygens (including phenoxy) is 2. The molecule has 0 saturated carbocycles. The van der Waals surface area contributed by atoms with E-state index in [1.54, 1.807) is 6.07 Å². The quantitative estimate of drug-likeness (QED) is 0.182. The lowest BCUT2D eigenvalue weighted by molar-refractivity contribution is -0.0595. The van der Waals surface area contributed by atoms with Gasteiger partial charge in [0.1, 0.15) is 53.5 Å². The minimum Gasteiger partial charge on any atom is -0.386 e. The van der Waals surface area contributed by atoms with E-state index in [2.05, 4.69) is 15.0 Å². The minimum atomic E-state index is -4.19. The molecule has 10 atom stereocenters. The van der Waals surface area contributed by atoms with Crippen molar-refractivity contribution in [3.05, 3.63) is 44.5 Å². The lowest BCUT2D eigenvalue weighted by Gasteiger charge is -2.30. The molecule has 0 amide bonds. The lowest BCUT2D eigenvalue weighted by atomic mass is 10.1. The van der Waals surface area contributed by atoms with Crippen molar-refractivity contribution in [2.45, 2.75) is 49.1 Å². The molecule has 1 aromatic carbocycles. The molecule has 3 fully saturated rings. The second kappa shape index (κ2) is 12.3. The van der Waals surface area contributed by atoms with Gasteiger partial charge in [0, 0.05) is 0 Å². The van der Waals surface area contributed by atoms with E-state index in [1.807, 2.05) is 0 Å². The summed E-state index contributed by atoms with van der Waals surface area (Å²) in [6.45, 7) is -9.43. The molecular formula is C22H22Cl2N6O11P2S3. The molecule has 0 aliphatic carbocycles. The highest BCUT2D eigenvalue weighted by atomic mass is 35.5. The molecule has 46 heavy (non-hydrogen) atoms. The zero-order chi connectivity index (χ0) is 32.7. The van der Waals surface area contributed by atoms with Crippen LogP contribution in [0.2, 0.25) is 10.0 Å². The van der Waals surface area contributed by atoms with Crippen molar-refractivity contribution >= 4 is 98.8 Å². The van der Waals surface area contributed by atoms with E-state index in [9.17, 15) is 24.8 Å². The van der Waals surface area contributed by atoms with Crippen molar-refractivity contribution in [2.24, 2.45) is 0 Å². The number of nitrogens with two attached hydrogens (primary N) is 1. The number of imidazole rings is 1. The van der Waals surface area contributed by atoms with Crippen LogP contribution in [-0.4, -0.2) is 93.9 Å². The fourth-order valence-electron chi connectivity index (χ4n) is 5.43. The number of halogens is 2. The molecule has 3 aliphatic heterocycles. The monoisotopic (exact) mass is 774 g/mol. The highest BCUT2D eigenvalue weighted by Gasteiger charge is 2.52. The summed E-state index contributed by atoms with van der Waals surface area (Å²) in [5.41, 5.74) is 6.90. The van der Waals surface area contributed by atoms with Crippen LogP contribution < -0.4 is 10.6 Å². The highest BCUT2D eigenvalue weighted by molar-refractivity contribution is 8.07. The second-order valence-corrected chi connectivity index (χ2v) is 17.7. The van der Waals surface area contributed by atoms with Crippen molar-refractivity contribution < 1.29 is 47.6 Å². The molecule has 24 heteroatoms. The van der Waals surface area contributed by atoms with Crippen molar-refractivity contribution in [2.75, 3.05) is 18.9 Å². The molecule has 0 spiro atoms. The van der Waals surface area contributed by atoms with Gasteiger partial charge in [-0.3, -0.25) is 18.4 Å². The number of aromatic nitrogens is 5. The van der Waals surface area contributed by atoms with Crippen LogP contribution in [0.3, 0.4) is 0 Å². The van der Waals surface area contributed by atoms with Gasteiger partial charge < -0.3 is 48.8 Å². The molecule has 17 nitrogen and oxygen atoms in total. The minimum absolute atomic E-state index is 0.0494. The third-order valence-electron chi connectivity index (χ3n) is 7.50. The number of nitrogens with zero attached hydrogens (tertiary/aromatic N) is 5. The number of aliphatic hydroxyl groups excluding tert-OH is 2. The number of thiazole rings is 1. The normalized spacial score (nSPS) is 37.2. The number of hydrogen-bond donors (Lipinski definition) is 5. The van der Waals surface area contributed by atoms with Gasteiger partial charge in [0.15, 0.2) is 18.1 Å². The molecule has 2 unspecified atom stereocenters. The first kappa shape index (κ1) is 33.2. The average molecular weight is 776 g/mol. The summed E-state index contributed by atoms with van der Waals surface area (Å²) in [4.78, 5) is 46.7. The topological polar surface area (TPSA) is 228 Å². The number of nitrogen functional groups attached to an aromatic ring is 1. The van der Waals surface area contributed by atoms with Gasteiger partial charge in [-0.05, 0) is 35.7 Å². The summed E-state index contributed by atoms with van der Waals surface area (Å²) < 4.78 is 37.4. The van der Waals surface area contributed by atoms with Crippen LogP contribution in [0, 0.1) is 0 Å². The number of aliphatic hydroxyl groups is 2. The van der Waals surface area contributed by atoms with Crippen molar-refractivity contribution in [1.82, 2.24) is 24.1 Å². The predicted molar refractivity (Wildman–Crippen MR) is 170 cm³/mol. The Morgan fingerprint density at radius 1 is 0.935 bits per heavy atom. The van der Waals surface area contributed by atoms with E-state index in [-0.39, 0.29) is 26.2 Å². The fraction of sp³-hybridized carbons (Fsp3) is 0.455. The van der Waals surface area contributed by atoms with Gasteiger partial charge in [-0.15, -0.1) is 0 Å². The Hall–Kier alpha value is -1.26. The fourth-order valence-corrected chi connectivity index (χ4v) is 9.50. The molecule has 3 aliphatic rings. The Labute approximate surface area is 281 Å². The summed E-state index contributed by atoms with van der Waals surface area (Å²) in [5, 5.41) is 23.1. The van der Waals surface area contributed by atoms with Crippen molar-refractivity contribution in [3.63, 3.8) is 0 Å². The Morgan fingerprint density at radius 2 is 1.52 bits per heavy atom. The van der Waals surface area contributed by atoms with Crippen LogP contribution in [0.25, 0.3) is 21.4 Å². The Morgan fingerprint density at radius 3 is 2.17 bits per heavy atom. The summed E-state index contributed by atoms with van der Waals surface area (Å²) in [6, 6.07) is 3.08. The zero-order valence-electron chi connectivity index (χ0n) is 22.7. The molecule has 0 radical (unpaired) electrons. The summed E-state index contributed by atoms with van der Waals surface area (Å²) in [7, 11) is 0. The number of hydrogen-bond acceptors (Lipinski definition) is 16. The molecule has 4 aromatic rings. The van der Waals surface area contributed by atoms with Crippen LogP contribution in [0.5, 0.6) is 0 Å². The van der Waals surface area contributed by atoms with E-state index in [0.717, 1.165) is 22.2 Å². The van der Waals surface area contributed by atoms with Gasteiger partial charge >= 0.3 is 18.3 Å². The van der Waals surface area contributed by atoms with Gasteiger partial charge in [0.2, 0.25) is 0 Å². The highest BCUT2D eigenvalue weighted by Crippen LogP contribution is 2.54. The summed E-state index contributed by atoms with van der Waals surface area (Å²) >= 11 is 23.5. The number of fused-ring (bicyclic) bond motifs is 4. The first-order valence-electron chi connectivity index (χ1n) is 13.1. The van der Waals surface area contributed by atoms with E-state index >= 15 is 0 Å². The average Bonchev–Trinajstić information content (AvgIpc) is 3.70. The lowest BCUT2D eigenvalue weighted by Crippen LogP contribution is -2.39. The van der Waals surface area contributed by atoms with E-state index < -0.39 is 80.6 Å². The van der Waals surface area contributed by atoms with Gasteiger partial charge in [-0.2, -0.15) is 0 Å². The zero-order valence-corrected chi connectivity index (χ0v) is 28.4. The molecule has 3 aromatic heterocycles. The molecule has 3 saturated heterocycles. The number of benzene rings is 1. The summed E-state index contributed by atoms with van der Waals surface area (Å²) in [5.74, 6) is 0.0494. The first-order chi connectivity index (χ1) is 21.7. The maximum absolute atomic E-state index is 12.9. The van der Waals surface area contributed by atoms with E-state index in [1.165, 1.54) is 17.0 Å². The first-order valence-corrected chi connectivity index (χ1v) is 19.9. The van der Waals surface area contributed by atoms with Crippen LogP contribution >= 0.6 is 48.0 Å². The molecule has 6 heterocycles. The van der Waals surface area contributed by atoms with Crippen LogP contribution in [0.15, 0.2) is 29.6 Å². The van der Waals surface area contributed by atoms with Crippen molar-refractivity contribution in [3.8, 4) is 0 Å². The van der Waals surface area contributed by atoms with Crippen LogP contribution in [0.1, 0.15) is 12.5 Å². The van der Waals surface area contributed by atoms with Gasteiger partial charge in [0.05, 0.1) is 40.6 Å². The molecular weight excluding hydrogens is 753 g/mol. The Bertz CT molecular complexity index is 2000. The predicted octanol–water partition coefficient (Wildman–Crippen LogP) is 1.56. The smallest absolute Gasteiger partial charge is 0.325 e. The maximum atomic E-state index is 12.9. The van der Waals surface area contributed by atoms with Gasteiger partial charge in [-0.25, -0.2) is 15.0 Å². The van der Waals surface area contributed by atoms with Gasteiger partial charge in [0.25, 0.3) is 0 Å². The van der Waals surface area contributed by atoms with Gasteiger partial charge in [-0.1, -0.05) is 34.5 Å². The third-order valence-corrected chi connectivity index (χ3v) is 12.3. The van der Waals surface area contributed by atoms with E-state index in [0.29, 0.717) is 11.0 Å². The largest absolute Gasteiger partial charge is 0.386 e. The molecule has 6 N–H and O–H groups in total. The van der Waals surface area contributed by atoms with E-state index in [4.69, 9.17) is 80.1 Å². The van der Waals surface area contributed by atoms with Crippen LogP contribution in [-0.2, 0) is 51.2 Å².